The molecule has 146 valence electrons. The first-order valence-corrected chi connectivity index (χ1v) is 9.49. The molecule has 1 fully saturated rings. The largest absolute Gasteiger partial charge is 0.471 e. The number of hydrogen-bond donors (Lipinski definition) is 0. The third-order valence-electron chi connectivity index (χ3n) is 5.00. The molecule has 1 aliphatic heterocycles. The minimum atomic E-state index is -0.128. The lowest BCUT2D eigenvalue weighted by molar-refractivity contribution is 0.0530. The van der Waals surface area contributed by atoms with Gasteiger partial charge in [0.25, 0.3) is 5.91 Å². The normalized spacial score (nSPS) is 16.8. The number of nitrogens with zero attached hydrogens (tertiary/aromatic N) is 7. The van der Waals surface area contributed by atoms with E-state index in [0.29, 0.717) is 30.2 Å². The molecule has 1 amide bonds. The van der Waals surface area contributed by atoms with Gasteiger partial charge < -0.3 is 9.64 Å². The van der Waals surface area contributed by atoms with E-state index in [0.717, 1.165) is 18.4 Å². The molecule has 3 aromatic heterocycles. The second kappa shape index (κ2) is 7.34. The van der Waals surface area contributed by atoms with Crippen molar-refractivity contribution >= 4 is 11.4 Å². The zero-order valence-corrected chi connectivity index (χ0v) is 15.6. The third kappa shape index (κ3) is 3.31. The molecule has 1 aromatic carbocycles. The van der Waals surface area contributed by atoms with E-state index in [-0.39, 0.29) is 12.0 Å². The number of aromatic nitrogens is 6. The first-order valence-electron chi connectivity index (χ1n) is 9.49. The van der Waals surface area contributed by atoms with Crippen molar-refractivity contribution in [3.8, 4) is 11.6 Å². The van der Waals surface area contributed by atoms with Crippen molar-refractivity contribution in [2.24, 2.45) is 0 Å². The Balaban J connectivity index is 1.36. The third-order valence-corrected chi connectivity index (χ3v) is 5.00. The van der Waals surface area contributed by atoms with Crippen LogP contribution in [0.15, 0.2) is 61.3 Å². The van der Waals surface area contributed by atoms with Gasteiger partial charge in [-0.1, -0.05) is 12.1 Å². The Labute approximate surface area is 166 Å². The molecule has 29 heavy (non-hydrogen) atoms. The lowest BCUT2D eigenvalue weighted by Crippen LogP contribution is -2.44. The highest BCUT2D eigenvalue weighted by Gasteiger charge is 2.28. The highest BCUT2D eigenvalue weighted by Crippen LogP contribution is 2.23. The molecule has 1 atom stereocenters. The number of carbonyl (C=O) groups excluding carboxylic acids is 1. The van der Waals surface area contributed by atoms with Gasteiger partial charge in [0.15, 0.2) is 0 Å². The number of fused-ring (bicyclic) bond motifs is 1. The van der Waals surface area contributed by atoms with E-state index >= 15 is 0 Å². The van der Waals surface area contributed by atoms with Crippen LogP contribution in [0.2, 0.25) is 0 Å². The van der Waals surface area contributed by atoms with Gasteiger partial charge in [0, 0.05) is 18.9 Å². The van der Waals surface area contributed by atoms with E-state index in [4.69, 9.17) is 4.74 Å². The zero-order valence-electron chi connectivity index (χ0n) is 15.6. The summed E-state index contributed by atoms with van der Waals surface area (Å²) in [7, 11) is 0. The summed E-state index contributed by atoms with van der Waals surface area (Å²) >= 11 is 0. The molecule has 0 N–H and O–H groups in total. The summed E-state index contributed by atoms with van der Waals surface area (Å²) in [6.45, 7) is 1.18. The summed E-state index contributed by atoms with van der Waals surface area (Å²) < 4.78 is 7.87. The molecule has 0 bridgehead atoms. The number of benzene rings is 1. The van der Waals surface area contributed by atoms with Crippen molar-refractivity contribution in [3.05, 3.63) is 66.9 Å². The molecule has 0 aliphatic carbocycles. The molecule has 0 radical (unpaired) electrons. The minimum Gasteiger partial charge on any atom is -0.471 e. The average Bonchev–Trinajstić information content (AvgIpc) is 3.46. The first-order chi connectivity index (χ1) is 14.3. The van der Waals surface area contributed by atoms with Gasteiger partial charge in [0.05, 0.1) is 36.4 Å². The van der Waals surface area contributed by atoms with E-state index in [9.17, 15) is 4.79 Å². The lowest BCUT2D eigenvalue weighted by atomic mass is 10.1. The number of ether oxygens (including phenoxy) is 1. The number of rotatable bonds is 4. The molecule has 0 saturated carbocycles. The van der Waals surface area contributed by atoms with Crippen LogP contribution in [0.4, 0.5) is 0 Å². The number of likely N-dealkylation sites (tertiary alicyclic amines) is 1. The van der Waals surface area contributed by atoms with E-state index < -0.39 is 0 Å². The molecule has 9 heteroatoms. The van der Waals surface area contributed by atoms with Crippen LogP contribution in [-0.4, -0.2) is 59.6 Å². The fraction of sp³-hybridized carbons (Fsp3) is 0.250. The second-order valence-corrected chi connectivity index (χ2v) is 6.86. The Morgan fingerprint density at radius 3 is 2.79 bits per heavy atom. The molecule has 1 aliphatic rings. The standard InChI is InChI=1S/C20H19N7O2/c28-20(16-5-1-2-6-17(16)27-23-9-10-24-27)25-12-3-4-15(14-25)29-19-18-7-8-22-26(18)13-11-21-19/h1-2,5-11,13,15H,3-4,12,14H2. The van der Waals surface area contributed by atoms with Crippen molar-refractivity contribution in [1.82, 2.24) is 34.5 Å². The summed E-state index contributed by atoms with van der Waals surface area (Å²) in [5, 5.41) is 12.5. The van der Waals surface area contributed by atoms with Gasteiger partial charge in [-0.25, -0.2) is 9.50 Å². The van der Waals surface area contributed by atoms with Crippen molar-refractivity contribution in [2.75, 3.05) is 13.1 Å². The monoisotopic (exact) mass is 389 g/mol. The minimum absolute atomic E-state index is 0.0540. The van der Waals surface area contributed by atoms with Gasteiger partial charge in [-0.3, -0.25) is 4.79 Å². The van der Waals surface area contributed by atoms with Crippen LogP contribution in [0.3, 0.4) is 0 Å². The Morgan fingerprint density at radius 2 is 1.90 bits per heavy atom. The van der Waals surface area contributed by atoms with Gasteiger partial charge in [-0.15, -0.1) is 0 Å². The van der Waals surface area contributed by atoms with Crippen molar-refractivity contribution in [3.63, 3.8) is 0 Å². The molecule has 9 nitrogen and oxygen atoms in total. The summed E-state index contributed by atoms with van der Waals surface area (Å²) in [5.41, 5.74) is 2.04. The predicted molar refractivity (Wildman–Crippen MR) is 104 cm³/mol. The SMILES string of the molecule is O=C(c1ccccc1-n1nccn1)N1CCCC(Oc2nccn3nccc23)C1. The van der Waals surface area contributed by atoms with Crippen LogP contribution >= 0.6 is 0 Å². The van der Waals surface area contributed by atoms with E-state index in [2.05, 4.69) is 20.3 Å². The second-order valence-electron chi connectivity index (χ2n) is 6.86. The van der Waals surface area contributed by atoms with Gasteiger partial charge in [0.2, 0.25) is 5.88 Å². The predicted octanol–water partition coefficient (Wildman–Crippen LogP) is 1.99. The van der Waals surface area contributed by atoms with Crippen LogP contribution in [-0.2, 0) is 0 Å². The highest BCUT2D eigenvalue weighted by atomic mass is 16.5. The quantitative estimate of drug-likeness (QED) is 0.530. The maximum atomic E-state index is 13.3. The number of carbonyl (C=O) groups is 1. The zero-order chi connectivity index (χ0) is 19.6. The molecule has 4 aromatic rings. The maximum Gasteiger partial charge on any atom is 0.256 e. The van der Waals surface area contributed by atoms with Crippen molar-refractivity contribution in [1.29, 1.82) is 0 Å². The van der Waals surface area contributed by atoms with Crippen LogP contribution in [0.1, 0.15) is 23.2 Å². The van der Waals surface area contributed by atoms with Crippen molar-refractivity contribution < 1.29 is 9.53 Å². The Bertz CT molecular complexity index is 1140. The average molecular weight is 389 g/mol. The fourth-order valence-electron chi connectivity index (χ4n) is 3.64. The Kier molecular flexibility index (Phi) is 4.39. The first kappa shape index (κ1) is 17.4. The highest BCUT2D eigenvalue weighted by molar-refractivity contribution is 5.97. The molecule has 1 unspecified atom stereocenters. The van der Waals surface area contributed by atoms with Gasteiger partial charge in [-0.2, -0.15) is 20.1 Å². The maximum absolute atomic E-state index is 13.3. The van der Waals surface area contributed by atoms with E-state index in [1.807, 2.05) is 29.2 Å². The van der Waals surface area contributed by atoms with Gasteiger partial charge in [0.1, 0.15) is 11.6 Å². The number of amides is 1. The van der Waals surface area contributed by atoms with Crippen LogP contribution in [0.25, 0.3) is 11.2 Å². The molecular formula is C20H19N7O2. The van der Waals surface area contributed by atoms with E-state index in [1.54, 1.807) is 41.6 Å². The van der Waals surface area contributed by atoms with Gasteiger partial charge in [-0.05, 0) is 31.0 Å². The van der Waals surface area contributed by atoms with E-state index in [1.165, 1.54) is 4.80 Å². The summed E-state index contributed by atoms with van der Waals surface area (Å²) in [4.78, 5) is 20.9. The molecular weight excluding hydrogens is 370 g/mol. The Hall–Kier alpha value is -3.75. The fourth-order valence-corrected chi connectivity index (χ4v) is 3.64. The van der Waals surface area contributed by atoms with Crippen molar-refractivity contribution in [2.45, 2.75) is 18.9 Å². The summed E-state index contributed by atoms with van der Waals surface area (Å²) in [6, 6.07) is 9.23. The number of para-hydroxylation sites is 1. The Morgan fingerprint density at radius 1 is 1.03 bits per heavy atom. The van der Waals surface area contributed by atoms with Gasteiger partial charge >= 0.3 is 0 Å². The number of hydrogen-bond acceptors (Lipinski definition) is 6. The van der Waals surface area contributed by atoms with Crippen LogP contribution in [0.5, 0.6) is 5.88 Å². The lowest BCUT2D eigenvalue weighted by Gasteiger charge is -2.33. The van der Waals surface area contributed by atoms with Crippen LogP contribution < -0.4 is 4.74 Å². The molecule has 0 spiro atoms. The van der Waals surface area contributed by atoms with Crippen LogP contribution in [0, 0.1) is 0 Å². The smallest absolute Gasteiger partial charge is 0.256 e. The summed E-state index contributed by atoms with van der Waals surface area (Å²) in [6.07, 6.45) is 9.93. The molecule has 1 saturated heterocycles. The molecule has 4 heterocycles. The summed E-state index contributed by atoms with van der Waals surface area (Å²) in [5.74, 6) is 0.479. The molecule has 5 rings (SSSR count). The topological polar surface area (TPSA) is 90.4 Å². The number of piperidine rings is 1.